The van der Waals surface area contributed by atoms with Gasteiger partial charge in [-0.05, 0) is 36.2 Å². The largest absolute Gasteiger partial charge is 0.340 e. The Morgan fingerprint density at radius 1 is 1.23 bits per heavy atom. The molecule has 2 aliphatic heterocycles. The molecule has 1 aliphatic carbocycles. The molecule has 2 amide bonds. The van der Waals surface area contributed by atoms with Crippen LogP contribution in [0.1, 0.15) is 37.7 Å². The van der Waals surface area contributed by atoms with Gasteiger partial charge in [-0.1, -0.05) is 37.3 Å². The first kappa shape index (κ1) is 17.5. The number of likely N-dealkylation sites (tertiary alicyclic amines) is 1. The van der Waals surface area contributed by atoms with Crippen molar-refractivity contribution in [3.63, 3.8) is 0 Å². The zero-order valence-electron chi connectivity index (χ0n) is 15.1. The summed E-state index contributed by atoms with van der Waals surface area (Å²) in [5.74, 6) is -0.267. The van der Waals surface area contributed by atoms with Gasteiger partial charge < -0.3 is 10.2 Å². The predicted octanol–water partition coefficient (Wildman–Crippen LogP) is 1.51. The summed E-state index contributed by atoms with van der Waals surface area (Å²) in [6, 6.07) is 9.76. The Hall–Kier alpha value is -1.92. The Morgan fingerprint density at radius 2 is 1.96 bits per heavy atom. The third-order valence-electron chi connectivity index (χ3n) is 6.57. The highest BCUT2D eigenvalue weighted by Gasteiger charge is 2.53. The van der Waals surface area contributed by atoms with Gasteiger partial charge in [0, 0.05) is 25.6 Å². The van der Waals surface area contributed by atoms with Crippen molar-refractivity contribution in [3.05, 3.63) is 35.9 Å². The fourth-order valence-electron chi connectivity index (χ4n) is 4.75. The lowest BCUT2D eigenvalue weighted by Crippen LogP contribution is -2.58. The second kappa shape index (κ2) is 6.67. The van der Waals surface area contributed by atoms with Crippen molar-refractivity contribution in [1.29, 1.82) is 0 Å². The van der Waals surface area contributed by atoms with Gasteiger partial charge in [-0.25, -0.2) is 5.48 Å². The number of carbonyl (C=O) groups excluding carboxylic acids is 2. The molecule has 1 spiro atoms. The summed E-state index contributed by atoms with van der Waals surface area (Å²) in [5, 5.41) is 12.4. The van der Waals surface area contributed by atoms with E-state index >= 15 is 0 Å². The number of hydroxylamine groups is 1. The number of hydrogen-bond acceptors (Lipinski definition) is 4. The molecule has 2 heterocycles. The number of carbonyl (C=O) groups is 2. The second-order valence-corrected chi connectivity index (χ2v) is 8.38. The molecular formula is C20H27N3O3. The highest BCUT2D eigenvalue weighted by atomic mass is 16.5. The maximum Gasteiger partial charge on any atom is 0.248 e. The lowest BCUT2D eigenvalue weighted by molar-refractivity contribution is -0.144. The molecule has 3 N–H and O–H groups in total. The Bertz CT molecular complexity index is 689. The minimum Gasteiger partial charge on any atom is -0.340 e. The first-order chi connectivity index (χ1) is 12.5. The van der Waals surface area contributed by atoms with Crippen molar-refractivity contribution in [2.45, 2.75) is 38.1 Å². The second-order valence-electron chi connectivity index (χ2n) is 8.38. The lowest BCUT2D eigenvalue weighted by atomic mass is 9.81. The van der Waals surface area contributed by atoms with Crippen LogP contribution in [0.25, 0.3) is 0 Å². The molecule has 4 unspecified atom stereocenters. The smallest absolute Gasteiger partial charge is 0.248 e. The van der Waals surface area contributed by atoms with Crippen LogP contribution >= 0.6 is 0 Å². The minimum atomic E-state index is -0.546. The van der Waals surface area contributed by atoms with Gasteiger partial charge in [0.2, 0.25) is 11.8 Å². The number of nitrogens with zero attached hydrogens (tertiary/aromatic N) is 1. The fourth-order valence-corrected chi connectivity index (χ4v) is 4.75. The van der Waals surface area contributed by atoms with Crippen molar-refractivity contribution >= 4 is 11.8 Å². The van der Waals surface area contributed by atoms with Crippen molar-refractivity contribution < 1.29 is 14.8 Å². The standard InChI is InChI=1S/C20H27N3O3/c1-13-10-23(11-16(13)14-5-3-2-4-6-14)19(25)17-15(18(24)22-26)9-20(7-8-20)12-21-17/h2-6,13,15-17,21,26H,7-12H2,1H3,(H,22,24). The molecule has 0 aromatic heterocycles. The van der Waals surface area contributed by atoms with Crippen LogP contribution in [0.15, 0.2) is 30.3 Å². The molecule has 6 heteroatoms. The van der Waals surface area contributed by atoms with Crippen molar-refractivity contribution in [3.8, 4) is 0 Å². The summed E-state index contributed by atoms with van der Waals surface area (Å²) in [4.78, 5) is 27.3. The fraction of sp³-hybridized carbons (Fsp3) is 0.600. The molecule has 140 valence electrons. The average Bonchev–Trinajstić information content (AvgIpc) is 3.30. The van der Waals surface area contributed by atoms with Crippen LogP contribution in [-0.4, -0.2) is 47.6 Å². The summed E-state index contributed by atoms with van der Waals surface area (Å²) in [6.45, 7) is 4.34. The van der Waals surface area contributed by atoms with E-state index in [4.69, 9.17) is 5.21 Å². The van der Waals surface area contributed by atoms with E-state index in [9.17, 15) is 9.59 Å². The molecule has 26 heavy (non-hydrogen) atoms. The Morgan fingerprint density at radius 3 is 2.62 bits per heavy atom. The summed E-state index contributed by atoms with van der Waals surface area (Å²) in [5.41, 5.74) is 3.18. The van der Waals surface area contributed by atoms with Gasteiger partial charge in [-0.15, -0.1) is 0 Å². The SMILES string of the molecule is CC1CN(C(=O)C2NCC3(CC3)CC2C(=O)NO)CC1c1ccccc1. The topological polar surface area (TPSA) is 81.7 Å². The monoisotopic (exact) mass is 357 g/mol. The number of benzene rings is 1. The van der Waals surface area contributed by atoms with Gasteiger partial charge in [-0.2, -0.15) is 0 Å². The molecule has 0 bridgehead atoms. The number of piperidine rings is 1. The molecule has 1 aromatic carbocycles. The van der Waals surface area contributed by atoms with E-state index < -0.39 is 17.9 Å². The van der Waals surface area contributed by atoms with E-state index in [0.29, 0.717) is 31.3 Å². The third kappa shape index (κ3) is 3.12. The van der Waals surface area contributed by atoms with Crippen LogP contribution in [-0.2, 0) is 9.59 Å². The van der Waals surface area contributed by atoms with E-state index in [1.54, 1.807) is 5.48 Å². The van der Waals surface area contributed by atoms with Gasteiger partial charge in [0.15, 0.2) is 0 Å². The van der Waals surface area contributed by atoms with Gasteiger partial charge in [0.05, 0.1) is 12.0 Å². The van der Waals surface area contributed by atoms with Crippen molar-refractivity contribution in [2.75, 3.05) is 19.6 Å². The normalized spacial score (nSPS) is 32.5. The highest BCUT2D eigenvalue weighted by Crippen LogP contribution is 2.52. The molecule has 1 aromatic rings. The molecule has 4 rings (SSSR count). The molecule has 3 aliphatic rings. The average molecular weight is 357 g/mol. The van der Waals surface area contributed by atoms with Crippen molar-refractivity contribution in [2.24, 2.45) is 17.3 Å². The Labute approximate surface area is 153 Å². The van der Waals surface area contributed by atoms with Crippen LogP contribution in [0, 0.1) is 17.3 Å². The van der Waals surface area contributed by atoms with E-state index in [2.05, 4.69) is 24.4 Å². The summed E-state index contributed by atoms with van der Waals surface area (Å²) < 4.78 is 0. The summed E-state index contributed by atoms with van der Waals surface area (Å²) in [6.07, 6.45) is 2.86. The molecule has 2 saturated heterocycles. The maximum absolute atomic E-state index is 13.2. The van der Waals surface area contributed by atoms with Gasteiger partial charge in [0.1, 0.15) is 0 Å². The highest BCUT2D eigenvalue weighted by molar-refractivity contribution is 5.90. The van der Waals surface area contributed by atoms with Crippen LogP contribution in [0.4, 0.5) is 0 Å². The Balaban J connectivity index is 1.49. The first-order valence-electron chi connectivity index (χ1n) is 9.54. The molecule has 4 atom stereocenters. The van der Waals surface area contributed by atoms with Crippen LogP contribution in [0.2, 0.25) is 0 Å². The van der Waals surface area contributed by atoms with Crippen LogP contribution in [0.3, 0.4) is 0 Å². The van der Waals surface area contributed by atoms with E-state index in [0.717, 1.165) is 19.4 Å². The van der Waals surface area contributed by atoms with E-state index in [1.807, 2.05) is 23.1 Å². The predicted molar refractivity (Wildman–Crippen MR) is 96.4 cm³/mol. The number of nitrogens with one attached hydrogen (secondary N) is 2. The zero-order valence-corrected chi connectivity index (χ0v) is 15.1. The van der Waals surface area contributed by atoms with E-state index in [1.165, 1.54) is 5.56 Å². The minimum absolute atomic E-state index is 0.0145. The lowest BCUT2D eigenvalue weighted by Gasteiger charge is -2.37. The number of amides is 2. The number of rotatable bonds is 3. The van der Waals surface area contributed by atoms with Crippen LogP contribution in [0.5, 0.6) is 0 Å². The quantitative estimate of drug-likeness (QED) is 0.566. The molecule has 1 saturated carbocycles. The summed E-state index contributed by atoms with van der Waals surface area (Å²) >= 11 is 0. The van der Waals surface area contributed by atoms with E-state index in [-0.39, 0.29) is 11.3 Å². The molecule has 3 fully saturated rings. The zero-order chi connectivity index (χ0) is 18.3. The van der Waals surface area contributed by atoms with Gasteiger partial charge in [-0.3, -0.25) is 14.8 Å². The summed E-state index contributed by atoms with van der Waals surface area (Å²) in [7, 11) is 0. The molecular weight excluding hydrogens is 330 g/mol. The first-order valence-corrected chi connectivity index (χ1v) is 9.54. The molecule has 6 nitrogen and oxygen atoms in total. The van der Waals surface area contributed by atoms with Crippen LogP contribution < -0.4 is 10.8 Å². The van der Waals surface area contributed by atoms with Crippen molar-refractivity contribution in [1.82, 2.24) is 15.7 Å². The maximum atomic E-state index is 13.2. The van der Waals surface area contributed by atoms with Gasteiger partial charge in [0.25, 0.3) is 0 Å². The number of hydrogen-bond donors (Lipinski definition) is 3. The third-order valence-corrected chi connectivity index (χ3v) is 6.57. The van der Waals surface area contributed by atoms with Gasteiger partial charge >= 0.3 is 0 Å². The molecule has 0 radical (unpaired) electrons. The Kier molecular flexibility index (Phi) is 4.49.